The molecule has 21 heavy (non-hydrogen) atoms. The number of hydrogen-bond donors (Lipinski definition) is 0. The van der Waals surface area contributed by atoms with E-state index in [1.54, 1.807) is 12.1 Å². The third kappa shape index (κ3) is 3.37. The van der Waals surface area contributed by atoms with Gasteiger partial charge in [0.05, 0.1) is 29.4 Å². The summed E-state index contributed by atoms with van der Waals surface area (Å²) in [6.07, 6.45) is 1.27. The number of benzene rings is 1. The number of nitrogens with zero attached hydrogens (tertiary/aromatic N) is 1. The standard InChI is InChI=1S/C15H21NO4S/c1-3-10-21(18,19)14-7-5-4-6-13(14)16-9-8-12(11-16)15(17)20-2/h4-7,12H,3,8-11H2,1-2H3. The first-order chi connectivity index (χ1) is 9.99. The molecule has 1 aliphatic heterocycles. The van der Waals surface area contributed by atoms with E-state index in [0.29, 0.717) is 36.5 Å². The first kappa shape index (κ1) is 15.8. The van der Waals surface area contributed by atoms with E-state index in [4.69, 9.17) is 4.74 Å². The van der Waals surface area contributed by atoms with Crippen molar-refractivity contribution in [1.82, 2.24) is 0 Å². The summed E-state index contributed by atoms with van der Waals surface area (Å²) >= 11 is 0. The van der Waals surface area contributed by atoms with E-state index in [-0.39, 0.29) is 17.6 Å². The molecule has 1 aromatic rings. The molecular formula is C15H21NO4S. The molecule has 1 unspecified atom stereocenters. The van der Waals surface area contributed by atoms with E-state index < -0.39 is 9.84 Å². The molecule has 6 heteroatoms. The Morgan fingerprint density at radius 1 is 1.38 bits per heavy atom. The smallest absolute Gasteiger partial charge is 0.310 e. The molecular weight excluding hydrogens is 290 g/mol. The van der Waals surface area contributed by atoms with Crippen LogP contribution in [-0.4, -0.2) is 40.3 Å². The lowest BCUT2D eigenvalue weighted by Gasteiger charge is -2.21. The third-order valence-corrected chi connectivity index (χ3v) is 5.70. The fourth-order valence-corrected chi connectivity index (χ4v) is 4.26. The number of ether oxygens (including phenoxy) is 1. The second-order valence-corrected chi connectivity index (χ2v) is 7.32. The van der Waals surface area contributed by atoms with Gasteiger partial charge in [0.15, 0.2) is 9.84 Å². The van der Waals surface area contributed by atoms with Crippen LogP contribution in [0.25, 0.3) is 0 Å². The van der Waals surface area contributed by atoms with Crippen molar-refractivity contribution in [1.29, 1.82) is 0 Å². The molecule has 0 aliphatic carbocycles. The number of sulfone groups is 1. The summed E-state index contributed by atoms with van der Waals surface area (Å²) in [5, 5.41) is 0. The van der Waals surface area contributed by atoms with Crippen LogP contribution in [0.15, 0.2) is 29.2 Å². The predicted octanol–water partition coefficient (Wildman–Crippen LogP) is 1.87. The predicted molar refractivity (Wildman–Crippen MR) is 81.1 cm³/mol. The first-order valence-corrected chi connectivity index (χ1v) is 8.79. The second kappa shape index (κ2) is 6.47. The molecule has 1 atom stereocenters. The number of carbonyl (C=O) groups is 1. The summed E-state index contributed by atoms with van der Waals surface area (Å²) in [6, 6.07) is 7.01. The van der Waals surface area contributed by atoms with Crippen molar-refractivity contribution in [3.63, 3.8) is 0 Å². The zero-order chi connectivity index (χ0) is 15.5. The summed E-state index contributed by atoms with van der Waals surface area (Å²) in [5.74, 6) is -0.276. The van der Waals surface area contributed by atoms with Gasteiger partial charge in [0.1, 0.15) is 0 Å². The molecule has 1 aromatic carbocycles. The summed E-state index contributed by atoms with van der Waals surface area (Å²) in [6.45, 7) is 3.02. The van der Waals surface area contributed by atoms with Crippen LogP contribution in [0, 0.1) is 5.92 Å². The number of esters is 1. The highest BCUT2D eigenvalue weighted by molar-refractivity contribution is 7.91. The molecule has 116 valence electrons. The molecule has 5 nitrogen and oxygen atoms in total. The van der Waals surface area contributed by atoms with Crippen LogP contribution in [0.2, 0.25) is 0 Å². The minimum Gasteiger partial charge on any atom is -0.469 e. The highest BCUT2D eigenvalue weighted by atomic mass is 32.2. The van der Waals surface area contributed by atoms with Gasteiger partial charge in [-0.25, -0.2) is 8.42 Å². The van der Waals surface area contributed by atoms with Crippen molar-refractivity contribution in [2.75, 3.05) is 30.9 Å². The van der Waals surface area contributed by atoms with Gasteiger partial charge >= 0.3 is 5.97 Å². The quantitative estimate of drug-likeness (QED) is 0.777. The van der Waals surface area contributed by atoms with E-state index in [1.165, 1.54) is 7.11 Å². The summed E-state index contributed by atoms with van der Waals surface area (Å²) in [7, 11) is -1.90. The van der Waals surface area contributed by atoms with Crippen LogP contribution < -0.4 is 4.90 Å². The third-order valence-electron chi connectivity index (χ3n) is 3.74. The van der Waals surface area contributed by atoms with Gasteiger partial charge in [-0.15, -0.1) is 0 Å². The average molecular weight is 311 g/mol. The van der Waals surface area contributed by atoms with Gasteiger partial charge in [-0.1, -0.05) is 19.1 Å². The van der Waals surface area contributed by atoms with Gasteiger partial charge in [0, 0.05) is 13.1 Å². The first-order valence-electron chi connectivity index (χ1n) is 7.14. The Bertz CT molecular complexity index is 612. The van der Waals surface area contributed by atoms with Crippen molar-refractivity contribution in [2.24, 2.45) is 5.92 Å². The number of methoxy groups -OCH3 is 1. The number of carbonyl (C=O) groups excluding carboxylic acids is 1. The molecule has 2 rings (SSSR count). The zero-order valence-electron chi connectivity index (χ0n) is 12.4. The van der Waals surface area contributed by atoms with E-state index in [0.717, 1.165) is 0 Å². The summed E-state index contributed by atoms with van der Waals surface area (Å²) in [5.41, 5.74) is 0.692. The molecule has 1 saturated heterocycles. The van der Waals surface area contributed by atoms with E-state index in [9.17, 15) is 13.2 Å². The second-order valence-electron chi connectivity index (χ2n) is 5.24. The van der Waals surface area contributed by atoms with Crippen molar-refractivity contribution < 1.29 is 17.9 Å². The monoisotopic (exact) mass is 311 g/mol. The number of anilines is 1. The SMILES string of the molecule is CCCS(=O)(=O)c1ccccc1N1CCC(C(=O)OC)C1. The van der Waals surface area contributed by atoms with Crippen molar-refractivity contribution in [2.45, 2.75) is 24.7 Å². The molecule has 0 aromatic heterocycles. The fourth-order valence-electron chi connectivity index (χ4n) is 2.70. The lowest BCUT2D eigenvalue weighted by atomic mass is 10.1. The van der Waals surface area contributed by atoms with Crippen LogP contribution in [0.5, 0.6) is 0 Å². The van der Waals surface area contributed by atoms with Gasteiger partial charge in [-0.05, 0) is 25.0 Å². The van der Waals surface area contributed by atoms with Crippen molar-refractivity contribution in [3.05, 3.63) is 24.3 Å². The Balaban J connectivity index is 2.28. The van der Waals surface area contributed by atoms with Gasteiger partial charge in [0.2, 0.25) is 0 Å². The van der Waals surface area contributed by atoms with Gasteiger partial charge in [0.25, 0.3) is 0 Å². The maximum atomic E-state index is 12.4. The Hall–Kier alpha value is -1.56. The van der Waals surface area contributed by atoms with Crippen LogP contribution in [0.4, 0.5) is 5.69 Å². The Kier molecular flexibility index (Phi) is 4.88. The van der Waals surface area contributed by atoms with E-state index >= 15 is 0 Å². The zero-order valence-corrected chi connectivity index (χ0v) is 13.2. The van der Waals surface area contributed by atoms with Gasteiger partial charge in [-0.3, -0.25) is 4.79 Å². The largest absolute Gasteiger partial charge is 0.469 e. The Morgan fingerprint density at radius 3 is 2.76 bits per heavy atom. The Morgan fingerprint density at radius 2 is 2.10 bits per heavy atom. The molecule has 1 aliphatic rings. The lowest BCUT2D eigenvalue weighted by Crippen LogP contribution is -2.25. The average Bonchev–Trinajstić information content (AvgIpc) is 2.96. The molecule has 0 bridgehead atoms. The lowest BCUT2D eigenvalue weighted by molar-refractivity contribution is -0.144. The normalized spacial score (nSPS) is 18.8. The highest BCUT2D eigenvalue weighted by Gasteiger charge is 2.31. The summed E-state index contributed by atoms with van der Waals surface area (Å²) < 4.78 is 29.5. The minimum atomic E-state index is -3.28. The van der Waals surface area contributed by atoms with Crippen LogP contribution >= 0.6 is 0 Å². The summed E-state index contributed by atoms with van der Waals surface area (Å²) in [4.78, 5) is 13.9. The number of rotatable bonds is 5. The topological polar surface area (TPSA) is 63.7 Å². The highest BCUT2D eigenvalue weighted by Crippen LogP contribution is 2.31. The van der Waals surface area contributed by atoms with Crippen LogP contribution in [0.1, 0.15) is 19.8 Å². The number of para-hydroxylation sites is 1. The van der Waals surface area contributed by atoms with E-state index in [1.807, 2.05) is 24.0 Å². The molecule has 0 N–H and O–H groups in total. The molecule has 1 fully saturated rings. The molecule has 0 spiro atoms. The van der Waals surface area contributed by atoms with Crippen LogP contribution in [0.3, 0.4) is 0 Å². The number of hydrogen-bond acceptors (Lipinski definition) is 5. The van der Waals surface area contributed by atoms with Crippen LogP contribution in [-0.2, 0) is 19.4 Å². The fraction of sp³-hybridized carbons (Fsp3) is 0.533. The maximum Gasteiger partial charge on any atom is 0.310 e. The van der Waals surface area contributed by atoms with Gasteiger partial charge < -0.3 is 9.64 Å². The van der Waals surface area contributed by atoms with Crippen molar-refractivity contribution in [3.8, 4) is 0 Å². The maximum absolute atomic E-state index is 12.4. The molecule has 0 amide bonds. The molecule has 1 heterocycles. The van der Waals surface area contributed by atoms with Gasteiger partial charge in [-0.2, -0.15) is 0 Å². The van der Waals surface area contributed by atoms with E-state index in [2.05, 4.69) is 0 Å². The molecule has 0 saturated carbocycles. The van der Waals surface area contributed by atoms with Crippen molar-refractivity contribution >= 4 is 21.5 Å². The molecule has 0 radical (unpaired) electrons. The minimum absolute atomic E-state index is 0.137. The Labute approximate surface area is 125 Å².